The Morgan fingerprint density at radius 1 is 1.24 bits per heavy atom. The third-order valence-corrected chi connectivity index (χ3v) is 5.89. The lowest BCUT2D eigenvalue weighted by atomic mass is 9.96. The van der Waals surface area contributed by atoms with Crippen molar-refractivity contribution < 1.29 is 8.42 Å². The number of nitrogens with zero attached hydrogens (tertiary/aromatic N) is 1. The number of piperidine rings is 1. The van der Waals surface area contributed by atoms with Gasteiger partial charge in [0.15, 0.2) is 0 Å². The summed E-state index contributed by atoms with van der Waals surface area (Å²) in [5.74, 6) is 6.31. The Bertz CT molecular complexity index is 618. The van der Waals surface area contributed by atoms with Crippen LogP contribution in [0, 0.1) is 17.8 Å². The second-order valence-electron chi connectivity index (χ2n) is 5.29. The van der Waals surface area contributed by atoms with Crippen LogP contribution in [0.2, 0.25) is 0 Å². The van der Waals surface area contributed by atoms with Crippen molar-refractivity contribution >= 4 is 10.0 Å². The van der Waals surface area contributed by atoms with Gasteiger partial charge in [-0.2, -0.15) is 4.31 Å². The summed E-state index contributed by atoms with van der Waals surface area (Å²) in [6.07, 6.45) is 3.04. The fourth-order valence-electron chi connectivity index (χ4n) is 2.57. The summed E-state index contributed by atoms with van der Waals surface area (Å²) >= 11 is 0. The van der Waals surface area contributed by atoms with E-state index in [1.54, 1.807) is 28.6 Å². The lowest BCUT2D eigenvalue weighted by molar-refractivity contribution is 0.269. The molecule has 1 aliphatic heterocycles. The van der Waals surface area contributed by atoms with Gasteiger partial charge < -0.3 is 5.73 Å². The molecule has 0 saturated carbocycles. The van der Waals surface area contributed by atoms with Crippen LogP contribution >= 0.6 is 0 Å². The van der Waals surface area contributed by atoms with Crippen molar-refractivity contribution in [3.63, 3.8) is 0 Å². The normalized spacial score (nSPS) is 17.2. The van der Waals surface area contributed by atoms with E-state index in [1.807, 2.05) is 0 Å². The second-order valence-corrected chi connectivity index (χ2v) is 7.22. The first-order chi connectivity index (χ1) is 10.1. The predicted octanol–water partition coefficient (Wildman–Crippen LogP) is 1.81. The summed E-state index contributed by atoms with van der Waals surface area (Å²) in [6.45, 7) is 3.70. The van der Waals surface area contributed by atoms with E-state index in [0.29, 0.717) is 30.4 Å². The van der Waals surface area contributed by atoms with E-state index in [0.717, 1.165) is 24.8 Å². The van der Waals surface area contributed by atoms with Gasteiger partial charge in [-0.3, -0.25) is 0 Å². The van der Waals surface area contributed by atoms with Crippen LogP contribution in [-0.2, 0) is 10.0 Å². The molecule has 0 unspecified atom stereocenters. The molecule has 2 N–H and O–H groups in total. The molecule has 21 heavy (non-hydrogen) atoms. The largest absolute Gasteiger partial charge is 0.320 e. The highest BCUT2D eigenvalue weighted by Crippen LogP contribution is 2.25. The van der Waals surface area contributed by atoms with Gasteiger partial charge in [0.1, 0.15) is 0 Å². The number of hydrogen-bond acceptors (Lipinski definition) is 3. The van der Waals surface area contributed by atoms with Crippen LogP contribution in [0.1, 0.15) is 31.7 Å². The molecular weight excluding hydrogens is 284 g/mol. The topological polar surface area (TPSA) is 63.4 Å². The van der Waals surface area contributed by atoms with Crippen LogP contribution in [-0.4, -0.2) is 32.4 Å². The minimum Gasteiger partial charge on any atom is -0.320 e. The van der Waals surface area contributed by atoms with Gasteiger partial charge in [-0.05, 0) is 43.0 Å². The highest BCUT2D eigenvalue weighted by atomic mass is 32.2. The Labute approximate surface area is 127 Å². The van der Waals surface area contributed by atoms with Gasteiger partial charge in [0.2, 0.25) is 10.0 Å². The maximum absolute atomic E-state index is 12.6. The third-order valence-electron chi connectivity index (χ3n) is 3.98. The second kappa shape index (κ2) is 7.08. The molecule has 5 heteroatoms. The molecule has 114 valence electrons. The molecule has 0 atom stereocenters. The molecule has 1 saturated heterocycles. The average Bonchev–Trinajstić information content (AvgIpc) is 2.53. The Hall–Kier alpha value is -1.35. The molecule has 0 spiro atoms. The van der Waals surface area contributed by atoms with Crippen LogP contribution in [0.15, 0.2) is 29.2 Å². The number of rotatable bonds is 3. The van der Waals surface area contributed by atoms with Gasteiger partial charge in [0.25, 0.3) is 0 Å². The molecule has 1 aromatic rings. The summed E-state index contributed by atoms with van der Waals surface area (Å²) in [7, 11) is -3.37. The molecule has 0 amide bonds. The van der Waals surface area contributed by atoms with Crippen LogP contribution in [0.25, 0.3) is 0 Å². The van der Waals surface area contributed by atoms with Crippen molar-refractivity contribution in [1.29, 1.82) is 0 Å². The Balaban J connectivity index is 2.13. The van der Waals surface area contributed by atoms with Gasteiger partial charge >= 0.3 is 0 Å². The van der Waals surface area contributed by atoms with E-state index in [1.165, 1.54) is 0 Å². The smallest absolute Gasteiger partial charge is 0.243 e. The van der Waals surface area contributed by atoms with Crippen LogP contribution in [0.5, 0.6) is 0 Å². The molecular formula is C16H22N2O2S. The summed E-state index contributed by atoms with van der Waals surface area (Å²) in [5, 5.41) is 0. The highest BCUT2D eigenvalue weighted by molar-refractivity contribution is 7.89. The summed E-state index contributed by atoms with van der Waals surface area (Å²) < 4.78 is 26.8. The zero-order valence-corrected chi connectivity index (χ0v) is 13.2. The molecule has 0 aromatic heterocycles. The molecule has 0 aliphatic carbocycles. The van der Waals surface area contributed by atoms with Gasteiger partial charge in [-0.1, -0.05) is 25.2 Å². The summed E-state index contributed by atoms with van der Waals surface area (Å²) in [4.78, 5) is 0.343. The van der Waals surface area contributed by atoms with Gasteiger partial charge in [0, 0.05) is 18.7 Å². The predicted molar refractivity (Wildman–Crippen MR) is 84.1 cm³/mol. The minimum absolute atomic E-state index is 0.298. The van der Waals surface area contributed by atoms with Gasteiger partial charge in [0.05, 0.1) is 11.4 Å². The maximum atomic E-state index is 12.6. The zero-order chi connectivity index (χ0) is 15.3. The summed E-state index contributed by atoms with van der Waals surface area (Å²) in [6, 6.07) is 6.71. The Morgan fingerprint density at radius 3 is 2.38 bits per heavy atom. The maximum Gasteiger partial charge on any atom is 0.243 e. The lowest BCUT2D eigenvalue weighted by Crippen LogP contribution is -2.38. The third kappa shape index (κ3) is 3.85. The van der Waals surface area contributed by atoms with E-state index in [4.69, 9.17) is 5.73 Å². The number of hydrogen-bond donors (Lipinski definition) is 1. The van der Waals surface area contributed by atoms with Crippen LogP contribution in [0.3, 0.4) is 0 Å². The molecule has 1 heterocycles. The fourth-order valence-corrected chi connectivity index (χ4v) is 4.04. The van der Waals surface area contributed by atoms with Crippen molar-refractivity contribution in [3.05, 3.63) is 29.8 Å². The van der Waals surface area contributed by atoms with Gasteiger partial charge in [-0.15, -0.1) is 0 Å². The minimum atomic E-state index is -3.37. The first-order valence-corrected chi connectivity index (χ1v) is 8.81. The van der Waals surface area contributed by atoms with Crippen molar-refractivity contribution in [3.8, 4) is 11.8 Å². The molecule has 2 rings (SSSR count). The van der Waals surface area contributed by atoms with Crippen molar-refractivity contribution in [2.75, 3.05) is 19.6 Å². The SMILES string of the molecule is CCC1CCN(S(=O)(=O)c2ccc(C#CCN)cc2)CC1. The monoisotopic (exact) mass is 306 g/mol. The Morgan fingerprint density at radius 2 is 1.86 bits per heavy atom. The molecule has 4 nitrogen and oxygen atoms in total. The van der Waals surface area contributed by atoms with E-state index in [2.05, 4.69) is 18.8 Å². The molecule has 1 fully saturated rings. The highest BCUT2D eigenvalue weighted by Gasteiger charge is 2.28. The quantitative estimate of drug-likeness (QED) is 0.866. The van der Waals surface area contributed by atoms with E-state index in [-0.39, 0.29) is 0 Å². The van der Waals surface area contributed by atoms with Crippen molar-refractivity contribution in [1.82, 2.24) is 4.31 Å². The van der Waals surface area contributed by atoms with Crippen LogP contribution < -0.4 is 5.73 Å². The van der Waals surface area contributed by atoms with E-state index in [9.17, 15) is 8.42 Å². The fraction of sp³-hybridized carbons (Fsp3) is 0.500. The first-order valence-electron chi connectivity index (χ1n) is 7.37. The van der Waals surface area contributed by atoms with Crippen molar-refractivity contribution in [2.24, 2.45) is 11.7 Å². The standard InChI is InChI=1S/C16H22N2O2S/c1-2-14-9-12-18(13-10-14)21(19,20)16-7-5-15(6-8-16)4-3-11-17/h5-8,14H,2,9-13,17H2,1H3. The average molecular weight is 306 g/mol. The van der Waals surface area contributed by atoms with E-state index < -0.39 is 10.0 Å². The molecule has 1 aromatic carbocycles. The van der Waals surface area contributed by atoms with Crippen molar-refractivity contribution in [2.45, 2.75) is 31.1 Å². The molecule has 0 radical (unpaired) electrons. The Kier molecular flexibility index (Phi) is 5.40. The number of sulfonamides is 1. The lowest BCUT2D eigenvalue weighted by Gasteiger charge is -2.30. The van der Waals surface area contributed by atoms with Gasteiger partial charge in [-0.25, -0.2) is 8.42 Å². The zero-order valence-electron chi connectivity index (χ0n) is 12.4. The van der Waals surface area contributed by atoms with E-state index >= 15 is 0 Å². The summed E-state index contributed by atoms with van der Waals surface area (Å²) in [5.41, 5.74) is 6.10. The molecule has 1 aliphatic rings. The number of benzene rings is 1. The van der Waals surface area contributed by atoms with Crippen LogP contribution in [0.4, 0.5) is 0 Å². The number of nitrogens with two attached hydrogens (primary N) is 1. The molecule has 0 bridgehead atoms. The first kappa shape index (κ1) is 16.0.